The number of nitrogens with one attached hydrogen (secondary N) is 2. The first-order valence-corrected chi connectivity index (χ1v) is 9.82. The van der Waals surface area contributed by atoms with E-state index in [1.165, 1.54) is 11.1 Å². The quantitative estimate of drug-likeness (QED) is 0.748. The molecule has 0 saturated heterocycles. The van der Waals surface area contributed by atoms with Crippen LogP contribution in [0.2, 0.25) is 0 Å². The summed E-state index contributed by atoms with van der Waals surface area (Å²) in [6.07, 6.45) is 2.98. The second-order valence-electron chi connectivity index (χ2n) is 7.28. The van der Waals surface area contributed by atoms with Gasteiger partial charge in [-0.05, 0) is 29.7 Å². The Bertz CT molecular complexity index is 880. The lowest BCUT2D eigenvalue weighted by atomic mass is 9.99. The number of amides is 2. The summed E-state index contributed by atoms with van der Waals surface area (Å²) in [4.78, 5) is 27.6. The van der Waals surface area contributed by atoms with Crippen LogP contribution in [0.4, 0.5) is 5.69 Å². The van der Waals surface area contributed by atoms with Crippen LogP contribution in [-0.4, -0.2) is 57.1 Å². The molecule has 0 aromatic heterocycles. The average molecular weight is 394 g/mol. The molecule has 1 aliphatic rings. The van der Waals surface area contributed by atoms with Crippen molar-refractivity contribution < 1.29 is 19.2 Å². The molecule has 0 fully saturated rings. The number of anilines is 1. The summed E-state index contributed by atoms with van der Waals surface area (Å²) in [6.45, 7) is 1.84. The lowest BCUT2D eigenvalue weighted by Gasteiger charge is -2.27. The molecule has 2 aromatic carbocycles. The smallest absolute Gasteiger partial charge is 0.279 e. The zero-order valence-corrected chi connectivity index (χ0v) is 17.0. The van der Waals surface area contributed by atoms with Gasteiger partial charge in [0.05, 0.1) is 14.2 Å². The lowest BCUT2D eigenvalue weighted by Crippen LogP contribution is -3.11. The van der Waals surface area contributed by atoms with Gasteiger partial charge < -0.3 is 19.9 Å². The van der Waals surface area contributed by atoms with Gasteiger partial charge in [0.1, 0.15) is 5.75 Å². The van der Waals surface area contributed by atoms with Gasteiger partial charge in [-0.25, -0.2) is 0 Å². The Morgan fingerprint density at radius 3 is 2.59 bits per heavy atom. The second kappa shape index (κ2) is 9.89. The zero-order valence-electron chi connectivity index (χ0n) is 17.0. The summed E-state index contributed by atoms with van der Waals surface area (Å²) in [5, 5.41) is 2.85. The van der Waals surface area contributed by atoms with Crippen molar-refractivity contribution in [2.45, 2.75) is 6.42 Å². The number of methoxy groups -OCH3 is 1. The van der Waals surface area contributed by atoms with E-state index in [0.717, 1.165) is 11.3 Å². The van der Waals surface area contributed by atoms with Crippen LogP contribution in [0.5, 0.6) is 5.75 Å². The summed E-state index contributed by atoms with van der Waals surface area (Å²) in [6, 6.07) is 17.5. The van der Waals surface area contributed by atoms with E-state index in [1.54, 1.807) is 13.2 Å². The Morgan fingerprint density at radius 2 is 1.90 bits per heavy atom. The number of carbonyl (C=O) groups excluding carboxylic acids is 2. The summed E-state index contributed by atoms with van der Waals surface area (Å²) in [5.41, 5.74) is 3.19. The largest absolute Gasteiger partial charge is 0.497 e. The predicted molar refractivity (Wildman–Crippen MR) is 114 cm³/mol. The molecule has 0 radical (unpaired) electrons. The van der Waals surface area contributed by atoms with E-state index < -0.39 is 0 Å². The third kappa shape index (κ3) is 5.93. The van der Waals surface area contributed by atoms with E-state index in [4.69, 9.17) is 4.74 Å². The van der Waals surface area contributed by atoms with Gasteiger partial charge in [0.15, 0.2) is 13.1 Å². The summed E-state index contributed by atoms with van der Waals surface area (Å²) >= 11 is 0. The zero-order chi connectivity index (χ0) is 20.6. The Labute approximate surface area is 171 Å². The number of rotatable bonds is 7. The van der Waals surface area contributed by atoms with Crippen molar-refractivity contribution in [3.05, 3.63) is 66.2 Å². The van der Waals surface area contributed by atoms with E-state index in [1.807, 2.05) is 48.3 Å². The third-order valence-electron chi connectivity index (χ3n) is 4.98. The fourth-order valence-corrected chi connectivity index (χ4v) is 3.42. The van der Waals surface area contributed by atoms with Crippen LogP contribution in [0.3, 0.4) is 0 Å². The molecule has 0 saturated carbocycles. The number of nitrogens with zero attached hydrogens (tertiary/aromatic N) is 1. The highest BCUT2D eigenvalue weighted by atomic mass is 16.5. The van der Waals surface area contributed by atoms with Crippen LogP contribution in [0.15, 0.2) is 60.7 Å². The van der Waals surface area contributed by atoms with Gasteiger partial charge >= 0.3 is 0 Å². The van der Waals surface area contributed by atoms with Crippen LogP contribution in [0, 0.1) is 0 Å². The molecule has 1 atom stereocenters. The Balaban J connectivity index is 1.46. The van der Waals surface area contributed by atoms with Crippen LogP contribution < -0.4 is 15.0 Å². The van der Waals surface area contributed by atoms with Gasteiger partial charge in [-0.1, -0.05) is 42.5 Å². The Morgan fingerprint density at radius 1 is 1.10 bits per heavy atom. The second-order valence-corrected chi connectivity index (χ2v) is 7.28. The molecule has 0 bridgehead atoms. The first-order valence-electron chi connectivity index (χ1n) is 9.82. The van der Waals surface area contributed by atoms with Crippen molar-refractivity contribution in [2.24, 2.45) is 0 Å². The van der Waals surface area contributed by atoms with Gasteiger partial charge in [0.25, 0.3) is 11.8 Å². The predicted octanol–water partition coefficient (Wildman–Crippen LogP) is 1.46. The topological polar surface area (TPSA) is 63.1 Å². The fraction of sp³-hybridized carbons (Fsp3) is 0.304. The van der Waals surface area contributed by atoms with Crippen LogP contribution in [0.1, 0.15) is 12.0 Å². The van der Waals surface area contributed by atoms with Crippen molar-refractivity contribution >= 4 is 23.1 Å². The van der Waals surface area contributed by atoms with Crippen molar-refractivity contribution in [3.63, 3.8) is 0 Å². The molecule has 6 nitrogen and oxygen atoms in total. The molecule has 0 spiro atoms. The highest BCUT2D eigenvalue weighted by Gasteiger charge is 2.22. The molecule has 1 heterocycles. The standard InChI is InChI=1S/C23H27N3O3/c1-25(16-22(27)24-20-9-6-10-21(15-20)29-2)17-23(28)26-13-11-19(12-14-26)18-7-4-3-5-8-18/h3-11,15H,12-14,16-17H2,1-2H3,(H,24,27)/p+1. The average Bonchev–Trinajstić information content (AvgIpc) is 2.74. The normalized spacial score (nSPS) is 14.7. The molecule has 152 valence electrons. The fourth-order valence-electron chi connectivity index (χ4n) is 3.42. The maximum Gasteiger partial charge on any atom is 0.279 e. The lowest BCUT2D eigenvalue weighted by molar-refractivity contribution is -0.862. The molecule has 1 unspecified atom stereocenters. The molecule has 1 aliphatic heterocycles. The van der Waals surface area contributed by atoms with E-state index in [0.29, 0.717) is 31.1 Å². The highest BCUT2D eigenvalue weighted by molar-refractivity contribution is 5.91. The Kier molecular flexibility index (Phi) is 7.03. The number of likely N-dealkylation sites (N-methyl/N-ethyl adjacent to an activating group) is 1. The summed E-state index contributed by atoms with van der Waals surface area (Å²) in [7, 11) is 3.45. The third-order valence-corrected chi connectivity index (χ3v) is 4.98. The SMILES string of the molecule is COc1cccc(NC(=O)C[NH+](C)CC(=O)N2CC=C(c3ccccc3)CC2)c1. The van der Waals surface area contributed by atoms with Crippen LogP contribution in [-0.2, 0) is 9.59 Å². The van der Waals surface area contributed by atoms with Crippen molar-refractivity contribution in [3.8, 4) is 5.75 Å². The maximum atomic E-state index is 12.6. The number of ether oxygens (including phenoxy) is 1. The van der Waals surface area contributed by atoms with Gasteiger partial charge in [0, 0.05) is 24.8 Å². The van der Waals surface area contributed by atoms with E-state index >= 15 is 0 Å². The maximum absolute atomic E-state index is 12.6. The molecular formula is C23H28N3O3+. The van der Waals surface area contributed by atoms with E-state index in [2.05, 4.69) is 23.5 Å². The summed E-state index contributed by atoms with van der Waals surface area (Å²) in [5.74, 6) is 0.625. The number of carbonyl (C=O) groups is 2. The molecule has 6 heteroatoms. The monoisotopic (exact) mass is 394 g/mol. The van der Waals surface area contributed by atoms with E-state index in [-0.39, 0.29) is 18.4 Å². The molecule has 29 heavy (non-hydrogen) atoms. The van der Waals surface area contributed by atoms with Crippen molar-refractivity contribution in [1.82, 2.24) is 4.90 Å². The minimum absolute atomic E-state index is 0.0695. The number of hydrogen-bond donors (Lipinski definition) is 2. The van der Waals surface area contributed by atoms with Crippen molar-refractivity contribution in [1.29, 1.82) is 0 Å². The minimum atomic E-state index is -0.131. The van der Waals surface area contributed by atoms with Crippen LogP contribution >= 0.6 is 0 Å². The molecule has 2 amide bonds. The number of quaternary nitrogens is 1. The summed E-state index contributed by atoms with van der Waals surface area (Å²) < 4.78 is 5.16. The first kappa shape index (κ1) is 20.6. The van der Waals surface area contributed by atoms with E-state index in [9.17, 15) is 9.59 Å². The molecule has 0 aliphatic carbocycles. The minimum Gasteiger partial charge on any atom is -0.497 e. The van der Waals surface area contributed by atoms with Gasteiger partial charge in [-0.15, -0.1) is 0 Å². The molecule has 3 rings (SSSR count). The highest BCUT2D eigenvalue weighted by Crippen LogP contribution is 2.21. The van der Waals surface area contributed by atoms with Gasteiger partial charge in [-0.3, -0.25) is 9.59 Å². The molecular weight excluding hydrogens is 366 g/mol. The first-order chi connectivity index (χ1) is 14.0. The molecule has 2 N–H and O–H groups in total. The molecule has 2 aromatic rings. The van der Waals surface area contributed by atoms with Crippen molar-refractivity contribution in [2.75, 3.05) is 45.7 Å². The number of benzene rings is 2. The Hall–Kier alpha value is -3.12. The number of hydrogen-bond acceptors (Lipinski definition) is 3. The van der Waals surface area contributed by atoms with Gasteiger partial charge in [0.2, 0.25) is 0 Å². The van der Waals surface area contributed by atoms with Gasteiger partial charge in [-0.2, -0.15) is 0 Å². The van der Waals surface area contributed by atoms with Crippen LogP contribution in [0.25, 0.3) is 5.57 Å².